The zero-order valence-electron chi connectivity index (χ0n) is 17.8. The Labute approximate surface area is 182 Å². The molecule has 1 aliphatic heterocycles. The number of hydrogen-bond donors (Lipinski definition) is 0. The summed E-state index contributed by atoms with van der Waals surface area (Å²) in [5, 5.41) is 0.295. The molecule has 0 amide bonds. The molecule has 1 saturated heterocycles. The normalized spacial score (nSPS) is 18.5. The van der Waals surface area contributed by atoms with Crippen LogP contribution in [-0.2, 0) is 5.41 Å². The van der Waals surface area contributed by atoms with Gasteiger partial charge in [0.25, 0.3) is 5.89 Å². The van der Waals surface area contributed by atoms with Crippen molar-refractivity contribution in [2.75, 3.05) is 13.6 Å². The molecule has 2 atom stereocenters. The van der Waals surface area contributed by atoms with Gasteiger partial charge in [-0.25, -0.2) is 9.97 Å². The van der Waals surface area contributed by atoms with Crippen molar-refractivity contribution in [3.63, 3.8) is 0 Å². The number of likely N-dealkylation sites (N-methyl/N-ethyl adjacent to an activating group) is 1. The summed E-state index contributed by atoms with van der Waals surface area (Å²) in [6.07, 6.45) is 4.01. The number of halogens is 1. The van der Waals surface area contributed by atoms with Crippen LogP contribution in [0.4, 0.5) is 0 Å². The van der Waals surface area contributed by atoms with Crippen LogP contribution >= 0.6 is 11.6 Å². The van der Waals surface area contributed by atoms with Crippen molar-refractivity contribution >= 4 is 11.6 Å². The first kappa shape index (κ1) is 20.8. The first-order valence-electron chi connectivity index (χ1n) is 10.3. The van der Waals surface area contributed by atoms with Crippen molar-refractivity contribution in [3.8, 4) is 17.6 Å². The molecule has 7 heteroatoms. The molecule has 3 aromatic rings. The van der Waals surface area contributed by atoms with Crippen LogP contribution < -0.4 is 4.74 Å². The van der Waals surface area contributed by atoms with E-state index >= 15 is 0 Å². The number of ether oxygens (including phenoxy) is 1. The number of hydrogen-bond acceptors (Lipinski definition) is 6. The maximum absolute atomic E-state index is 6.25. The molecule has 4 rings (SSSR count). The Hall–Kier alpha value is -2.44. The minimum absolute atomic E-state index is 0.00606. The summed E-state index contributed by atoms with van der Waals surface area (Å²) in [4.78, 5) is 15.6. The highest BCUT2D eigenvalue weighted by Gasteiger charge is 2.30. The van der Waals surface area contributed by atoms with Gasteiger partial charge in [0, 0.05) is 17.5 Å². The van der Waals surface area contributed by atoms with Gasteiger partial charge in [0.15, 0.2) is 0 Å². The fourth-order valence-electron chi connectivity index (χ4n) is 4.01. The molecule has 6 nitrogen and oxygen atoms in total. The van der Waals surface area contributed by atoms with Crippen LogP contribution in [-0.4, -0.2) is 45.6 Å². The van der Waals surface area contributed by atoms with Gasteiger partial charge in [-0.2, -0.15) is 4.98 Å². The lowest BCUT2D eigenvalue weighted by Gasteiger charge is -2.26. The summed E-state index contributed by atoms with van der Waals surface area (Å²) < 4.78 is 12.2. The molecule has 0 spiro atoms. The average Bonchev–Trinajstić information content (AvgIpc) is 3.38. The van der Waals surface area contributed by atoms with Gasteiger partial charge in [0.2, 0.25) is 11.7 Å². The van der Waals surface area contributed by atoms with Crippen molar-refractivity contribution in [1.82, 2.24) is 19.9 Å². The third-order valence-electron chi connectivity index (χ3n) is 5.91. The van der Waals surface area contributed by atoms with Gasteiger partial charge in [0.1, 0.15) is 17.0 Å². The number of likely N-dealkylation sites (tertiary alicyclic amines) is 1. The molecule has 0 saturated carbocycles. The molecule has 2 aromatic heterocycles. The quantitative estimate of drug-likeness (QED) is 0.518. The molecule has 3 heterocycles. The second-order valence-corrected chi connectivity index (χ2v) is 8.77. The number of nitrogens with zero attached hydrogens (tertiary/aromatic N) is 4. The molecule has 0 unspecified atom stereocenters. The van der Waals surface area contributed by atoms with Crippen molar-refractivity contribution in [2.24, 2.45) is 0 Å². The zero-order chi connectivity index (χ0) is 21.3. The highest BCUT2D eigenvalue weighted by Crippen LogP contribution is 2.33. The van der Waals surface area contributed by atoms with Crippen LogP contribution in [0.3, 0.4) is 0 Å². The van der Waals surface area contributed by atoms with Crippen molar-refractivity contribution in [3.05, 3.63) is 59.1 Å². The summed E-state index contributed by atoms with van der Waals surface area (Å²) in [6.45, 7) is 7.35. The number of rotatable bonds is 6. The Balaban J connectivity index is 1.58. The minimum Gasteiger partial charge on any atom is -0.473 e. The fraction of sp³-hybridized carbons (Fsp3) is 0.435. The summed E-state index contributed by atoms with van der Waals surface area (Å²) in [6, 6.07) is 12.2. The molecule has 1 fully saturated rings. The van der Waals surface area contributed by atoms with Crippen LogP contribution in [0.2, 0.25) is 5.15 Å². The molecular weight excluding hydrogens is 400 g/mol. The fourth-order valence-corrected chi connectivity index (χ4v) is 4.19. The SMILES string of the molecule is C[C@H](Oc1cc(Cl)nc(-c2ncc(C(C)(C)c3ccccc3)o2)n1)[C@@H]1CCCN1C. The Morgan fingerprint density at radius 1 is 1.23 bits per heavy atom. The first-order valence-corrected chi connectivity index (χ1v) is 10.7. The van der Waals surface area contributed by atoms with E-state index in [0.29, 0.717) is 28.8 Å². The predicted molar refractivity (Wildman–Crippen MR) is 117 cm³/mol. The molecule has 30 heavy (non-hydrogen) atoms. The van der Waals surface area contributed by atoms with E-state index in [2.05, 4.69) is 59.8 Å². The van der Waals surface area contributed by atoms with E-state index in [0.717, 1.165) is 24.3 Å². The number of aromatic nitrogens is 3. The van der Waals surface area contributed by atoms with Gasteiger partial charge >= 0.3 is 0 Å². The van der Waals surface area contributed by atoms with E-state index < -0.39 is 0 Å². The lowest BCUT2D eigenvalue weighted by atomic mass is 9.83. The summed E-state index contributed by atoms with van der Waals surface area (Å²) >= 11 is 6.25. The second-order valence-electron chi connectivity index (χ2n) is 8.39. The lowest BCUT2D eigenvalue weighted by molar-refractivity contribution is 0.117. The van der Waals surface area contributed by atoms with Crippen LogP contribution in [0, 0.1) is 0 Å². The first-order chi connectivity index (χ1) is 14.3. The van der Waals surface area contributed by atoms with Crippen LogP contribution in [0.5, 0.6) is 5.88 Å². The standard InChI is InChI=1S/C23H27ClN4O2/c1-15(17-11-8-12-28(17)4)29-20-13-19(24)26-21(27-20)22-25-14-18(30-22)23(2,3)16-9-6-5-7-10-16/h5-7,9-10,13-15,17H,8,11-12H2,1-4H3/t15-,17-/m0/s1. The molecule has 1 aliphatic rings. The van der Waals surface area contributed by atoms with Crippen molar-refractivity contribution in [2.45, 2.75) is 51.2 Å². The minimum atomic E-state index is -0.341. The van der Waals surface area contributed by atoms with Crippen LogP contribution in [0.25, 0.3) is 11.7 Å². The van der Waals surface area contributed by atoms with Gasteiger partial charge in [-0.1, -0.05) is 41.9 Å². The Morgan fingerprint density at radius 3 is 2.70 bits per heavy atom. The molecule has 0 radical (unpaired) electrons. The average molecular weight is 427 g/mol. The van der Waals surface area contributed by atoms with Gasteiger partial charge in [-0.05, 0) is 52.8 Å². The van der Waals surface area contributed by atoms with E-state index in [1.165, 1.54) is 6.42 Å². The smallest absolute Gasteiger partial charge is 0.265 e. The molecule has 0 aliphatic carbocycles. The van der Waals surface area contributed by atoms with E-state index in [9.17, 15) is 0 Å². The van der Waals surface area contributed by atoms with Gasteiger partial charge in [-0.3, -0.25) is 4.90 Å². The maximum atomic E-state index is 6.25. The molecular formula is C23H27ClN4O2. The highest BCUT2D eigenvalue weighted by molar-refractivity contribution is 6.29. The number of oxazole rings is 1. The topological polar surface area (TPSA) is 64.3 Å². The third kappa shape index (κ3) is 4.20. The summed E-state index contributed by atoms with van der Waals surface area (Å²) in [7, 11) is 2.12. The molecule has 1 aromatic carbocycles. The Morgan fingerprint density at radius 2 is 2.00 bits per heavy atom. The number of benzene rings is 1. The van der Waals surface area contributed by atoms with E-state index in [4.69, 9.17) is 20.8 Å². The monoisotopic (exact) mass is 426 g/mol. The zero-order valence-corrected chi connectivity index (χ0v) is 18.6. The third-order valence-corrected chi connectivity index (χ3v) is 6.10. The van der Waals surface area contributed by atoms with Crippen molar-refractivity contribution < 1.29 is 9.15 Å². The van der Waals surface area contributed by atoms with Crippen LogP contribution in [0.1, 0.15) is 44.9 Å². The lowest BCUT2D eigenvalue weighted by Crippen LogP contribution is -2.38. The Bertz CT molecular complexity index is 1010. The summed E-state index contributed by atoms with van der Waals surface area (Å²) in [5.74, 6) is 1.81. The maximum Gasteiger partial charge on any atom is 0.265 e. The largest absolute Gasteiger partial charge is 0.473 e. The second kappa shape index (κ2) is 8.36. The van der Waals surface area contributed by atoms with E-state index in [-0.39, 0.29) is 11.5 Å². The van der Waals surface area contributed by atoms with Gasteiger partial charge in [0.05, 0.1) is 6.20 Å². The van der Waals surface area contributed by atoms with Crippen molar-refractivity contribution in [1.29, 1.82) is 0 Å². The molecule has 0 bridgehead atoms. The Kier molecular flexibility index (Phi) is 5.80. The van der Waals surface area contributed by atoms with E-state index in [1.807, 2.05) is 18.2 Å². The predicted octanol–water partition coefficient (Wildman–Crippen LogP) is 4.97. The van der Waals surface area contributed by atoms with Gasteiger partial charge in [-0.15, -0.1) is 0 Å². The highest BCUT2D eigenvalue weighted by atomic mass is 35.5. The van der Waals surface area contributed by atoms with E-state index in [1.54, 1.807) is 12.3 Å². The molecule has 0 N–H and O–H groups in total. The van der Waals surface area contributed by atoms with Gasteiger partial charge < -0.3 is 9.15 Å². The molecule has 158 valence electrons. The summed E-state index contributed by atoms with van der Waals surface area (Å²) in [5.41, 5.74) is 0.796. The van der Waals surface area contributed by atoms with Crippen LogP contribution in [0.15, 0.2) is 47.0 Å².